The molecule has 3 aromatic rings. The Morgan fingerprint density at radius 1 is 0.727 bits per heavy atom. The molecule has 1 aliphatic rings. The van der Waals surface area contributed by atoms with Crippen LogP contribution in [0.3, 0.4) is 0 Å². The second-order valence-corrected chi connectivity index (χ2v) is 10.6. The highest BCUT2D eigenvalue weighted by molar-refractivity contribution is 6.60. The Balaban J connectivity index is 1.34. The van der Waals surface area contributed by atoms with E-state index in [1.807, 2.05) is 36.4 Å². The summed E-state index contributed by atoms with van der Waals surface area (Å²) in [4.78, 5) is 0. The van der Waals surface area contributed by atoms with Gasteiger partial charge in [0.15, 0.2) is 0 Å². The highest BCUT2D eigenvalue weighted by atomic mass is 28.4. The van der Waals surface area contributed by atoms with Crippen molar-refractivity contribution in [2.24, 2.45) is 0 Å². The molecule has 0 amide bonds. The summed E-state index contributed by atoms with van der Waals surface area (Å²) >= 11 is 0. The molecule has 1 aliphatic heterocycles. The molecule has 8 nitrogen and oxygen atoms in total. The van der Waals surface area contributed by atoms with Crippen molar-refractivity contribution in [3.8, 4) is 0 Å². The second-order valence-electron chi connectivity index (χ2n) is 7.85. The smallest absolute Gasteiger partial charge is 0.469 e. The van der Waals surface area contributed by atoms with E-state index in [2.05, 4.69) is 0 Å². The van der Waals surface area contributed by atoms with E-state index in [1.165, 1.54) is 0 Å². The molecule has 0 radical (unpaired) electrons. The molecule has 0 spiro atoms. The number of hydrogen-bond donors (Lipinski definition) is 0. The van der Waals surface area contributed by atoms with Crippen LogP contribution in [-0.2, 0) is 42.0 Å². The fourth-order valence-corrected chi connectivity index (χ4v) is 5.90. The van der Waals surface area contributed by atoms with Gasteiger partial charge in [-0.3, -0.25) is 0 Å². The minimum atomic E-state index is -2.99. The third-order valence-electron chi connectivity index (χ3n) is 5.23. The highest BCUT2D eigenvalue weighted by Crippen LogP contribution is 2.21. The topological polar surface area (TPSA) is 88.9 Å². The average Bonchev–Trinajstić information content (AvgIpc) is 3.26. The number of rotatable bonds is 18. The standard InChI is InChI=1S/C24H32O8Si/c1-5-21(26-12-1)8-15-30-33(18-4-11-25-19-24-20-29-24,31-16-9-22-6-2-13-27-22)32-17-10-23-7-3-14-28-23/h1-3,5-7,12-14,24H,4,8-11,15-20H2. The number of furan rings is 3. The van der Waals surface area contributed by atoms with Crippen molar-refractivity contribution in [2.75, 3.05) is 39.6 Å². The van der Waals surface area contributed by atoms with Crippen LogP contribution in [0.15, 0.2) is 68.4 Å². The lowest BCUT2D eigenvalue weighted by molar-refractivity contribution is 0.0538. The molecule has 4 heterocycles. The zero-order valence-corrected chi connectivity index (χ0v) is 19.8. The molecule has 1 fully saturated rings. The monoisotopic (exact) mass is 476 g/mol. The van der Waals surface area contributed by atoms with Crippen LogP contribution in [-0.4, -0.2) is 54.5 Å². The van der Waals surface area contributed by atoms with Crippen molar-refractivity contribution in [1.82, 2.24) is 0 Å². The van der Waals surface area contributed by atoms with Crippen LogP contribution in [0.25, 0.3) is 0 Å². The van der Waals surface area contributed by atoms with Crippen LogP contribution in [0.1, 0.15) is 23.7 Å². The average molecular weight is 477 g/mol. The maximum absolute atomic E-state index is 6.37. The van der Waals surface area contributed by atoms with E-state index in [4.69, 9.17) is 36.0 Å². The van der Waals surface area contributed by atoms with Crippen molar-refractivity contribution in [3.63, 3.8) is 0 Å². The van der Waals surface area contributed by atoms with E-state index in [0.717, 1.165) is 30.3 Å². The fraction of sp³-hybridized carbons (Fsp3) is 0.500. The van der Waals surface area contributed by atoms with Crippen molar-refractivity contribution in [3.05, 3.63) is 72.5 Å². The third-order valence-corrected chi connectivity index (χ3v) is 8.13. The molecule has 0 N–H and O–H groups in total. The lowest BCUT2D eigenvalue weighted by atomic mass is 10.3. The van der Waals surface area contributed by atoms with Crippen LogP contribution in [0.5, 0.6) is 0 Å². The SMILES string of the molecule is c1coc(CCO[Si](CCCOCC2CO2)(OCCc2ccco2)OCCc2ccco2)c1. The van der Waals surface area contributed by atoms with Gasteiger partial charge in [-0.05, 0) is 42.8 Å². The van der Waals surface area contributed by atoms with Gasteiger partial charge >= 0.3 is 8.80 Å². The molecule has 1 unspecified atom stereocenters. The Labute approximate surface area is 195 Å². The first-order valence-electron chi connectivity index (χ1n) is 11.5. The van der Waals surface area contributed by atoms with Crippen molar-refractivity contribution >= 4 is 8.80 Å². The lowest BCUT2D eigenvalue weighted by Crippen LogP contribution is -2.47. The van der Waals surface area contributed by atoms with Gasteiger partial charge in [0.2, 0.25) is 0 Å². The minimum absolute atomic E-state index is 0.255. The summed E-state index contributed by atoms with van der Waals surface area (Å²) in [7, 11) is -2.99. The third kappa shape index (κ3) is 8.62. The molecule has 9 heteroatoms. The number of hydrogen-bond acceptors (Lipinski definition) is 8. The van der Waals surface area contributed by atoms with E-state index in [0.29, 0.717) is 58.3 Å². The minimum Gasteiger partial charge on any atom is -0.469 e. The molecule has 33 heavy (non-hydrogen) atoms. The quantitative estimate of drug-likeness (QED) is 0.153. The Morgan fingerprint density at radius 2 is 1.21 bits per heavy atom. The molecule has 3 aromatic heterocycles. The van der Waals surface area contributed by atoms with Gasteiger partial charge in [0.1, 0.15) is 23.4 Å². The Bertz CT molecular complexity index is 760. The Morgan fingerprint density at radius 3 is 1.61 bits per heavy atom. The van der Waals surface area contributed by atoms with E-state index in [9.17, 15) is 0 Å². The van der Waals surface area contributed by atoms with E-state index >= 15 is 0 Å². The first-order chi connectivity index (χ1) is 16.3. The summed E-state index contributed by atoms with van der Waals surface area (Å²) in [6, 6.07) is 12.1. The summed E-state index contributed by atoms with van der Waals surface area (Å²) < 4.78 is 46.4. The van der Waals surface area contributed by atoms with Crippen LogP contribution in [0.2, 0.25) is 6.04 Å². The van der Waals surface area contributed by atoms with Crippen molar-refractivity contribution < 1.29 is 36.0 Å². The van der Waals surface area contributed by atoms with Gasteiger partial charge in [-0.25, -0.2) is 0 Å². The van der Waals surface area contributed by atoms with Gasteiger partial charge in [0, 0.05) is 51.7 Å². The molecule has 0 saturated carbocycles. The predicted molar refractivity (Wildman–Crippen MR) is 121 cm³/mol. The first kappa shape index (κ1) is 24.0. The number of epoxide rings is 1. The largest absolute Gasteiger partial charge is 0.501 e. The molecule has 1 saturated heterocycles. The lowest BCUT2D eigenvalue weighted by Gasteiger charge is -2.30. The zero-order valence-electron chi connectivity index (χ0n) is 18.8. The summed E-state index contributed by atoms with van der Waals surface area (Å²) in [6.07, 6.45) is 8.00. The van der Waals surface area contributed by atoms with Gasteiger partial charge in [0.25, 0.3) is 0 Å². The summed E-state index contributed by atoms with van der Waals surface area (Å²) in [5, 5.41) is 0. The highest BCUT2D eigenvalue weighted by Gasteiger charge is 2.41. The summed E-state index contributed by atoms with van der Waals surface area (Å²) in [5.41, 5.74) is 0. The number of ether oxygens (including phenoxy) is 2. The van der Waals surface area contributed by atoms with E-state index < -0.39 is 8.80 Å². The molecule has 4 rings (SSSR count). The van der Waals surface area contributed by atoms with Gasteiger partial charge in [-0.2, -0.15) is 0 Å². The van der Waals surface area contributed by atoms with E-state index in [1.54, 1.807) is 18.8 Å². The first-order valence-corrected chi connectivity index (χ1v) is 13.4. The van der Waals surface area contributed by atoms with Gasteiger partial charge in [-0.1, -0.05) is 0 Å². The molecular weight excluding hydrogens is 444 g/mol. The maximum Gasteiger partial charge on any atom is 0.501 e. The molecule has 1 atom stereocenters. The molecular formula is C24H32O8Si. The van der Waals surface area contributed by atoms with Crippen LogP contribution in [0, 0.1) is 0 Å². The van der Waals surface area contributed by atoms with Crippen molar-refractivity contribution in [1.29, 1.82) is 0 Å². The Hall–Kier alpha value is -2.14. The predicted octanol–water partition coefficient (Wildman–Crippen LogP) is 4.29. The van der Waals surface area contributed by atoms with Crippen LogP contribution < -0.4 is 0 Å². The normalized spacial score (nSPS) is 15.8. The molecule has 0 aliphatic carbocycles. The van der Waals surface area contributed by atoms with Crippen LogP contribution >= 0.6 is 0 Å². The molecule has 180 valence electrons. The molecule has 0 bridgehead atoms. The fourth-order valence-electron chi connectivity index (χ4n) is 3.40. The second kappa shape index (κ2) is 12.9. The summed E-state index contributed by atoms with van der Waals surface area (Å²) in [6.45, 7) is 3.40. The van der Waals surface area contributed by atoms with Gasteiger partial charge < -0.3 is 36.0 Å². The zero-order chi connectivity index (χ0) is 22.6. The van der Waals surface area contributed by atoms with E-state index in [-0.39, 0.29) is 6.10 Å². The molecule has 0 aromatic carbocycles. The van der Waals surface area contributed by atoms with Crippen LogP contribution in [0.4, 0.5) is 0 Å². The van der Waals surface area contributed by atoms with Gasteiger partial charge in [-0.15, -0.1) is 0 Å². The van der Waals surface area contributed by atoms with Crippen molar-refractivity contribution in [2.45, 2.75) is 37.8 Å². The maximum atomic E-state index is 6.37. The summed E-state index contributed by atoms with van der Waals surface area (Å²) in [5.74, 6) is 2.62. The Kier molecular flexibility index (Phi) is 9.40. The van der Waals surface area contributed by atoms with Gasteiger partial charge in [0.05, 0.1) is 32.0 Å².